The Kier molecular flexibility index (Phi) is 5.30. The second kappa shape index (κ2) is 8.02. The van der Waals surface area contributed by atoms with E-state index in [-0.39, 0.29) is 11.8 Å². The van der Waals surface area contributed by atoms with Gasteiger partial charge in [0, 0.05) is 18.9 Å². The quantitative estimate of drug-likeness (QED) is 0.760. The van der Waals surface area contributed by atoms with Crippen LogP contribution in [0.4, 0.5) is 0 Å². The molecule has 0 aliphatic heterocycles. The standard InChI is InChI=1S/C20H19N3O/c24-20(23-12-11-16-13-21-15-22-14-16)19(17-7-3-1-4-8-17)18-9-5-2-6-10-18/h1-10,13-15,19H,11-12H2,(H,23,24). The Morgan fingerprint density at radius 1 is 0.875 bits per heavy atom. The van der Waals surface area contributed by atoms with Gasteiger partial charge in [-0.25, -0.2) is 9.97 Å². The molecule has 1 amide bonds. The summed E-state index contributed by atoms with van der Waals surface area (Å²) in [6, 6.07) is 19.7. The number of nitrogens with one attached hydrogen (secondary N) is 1. The molecule has 24 heavy (non-hydrogen) atoms. The Morgan fingerprint density at radius 2 is 1.42 bits per heavy atom. The molecule has 2 aromatic carbocycles. The van der Waals surface area contributed by atoms with Gasteiger partial charge in [0.15, 0.2) is 0 Å². The van der Waals surface area contributed by atoms with Crippen molar-refractivity contribution in [1.29, 1.82) is 0 Å². The highest BCUT2D eigenvalue weighted by atomic mass is 16.1. The lowest BCUT2D eigenvalue weighted by molar-refractivity contribution is -0.121. The van der Waals surface area contributed by atoms with Gasteiger partial charge in [-0.3, -0.25) is 4.79 Å². The number of carbonyl (C=O) groups is 1. The first kappa shape index (κ1) is 15.9. The van der Waals surface area contributed by atoms with E-state index in [1.807, 2.05) is 60.7 Å². The molecule has 120 valence electrons. The fraction of sp³-hybridized carbons (Fsp3) is 0.150. The van der Waals surface area contributed by atoms with Gasteiger partial charge in [-0.05, 0) is 23.1 Å². The van der Waals surface area contributed by atoms with Crippen molar-refractivity contribution in [2.45, 2.75) is 12.3 Å². The van der Waals surface area contributed by atoms with E-state index < -0.39 is 0 Å². The minimum absolute atomic E-state index is 0.00393. The van der Waals surface area contributed by atoms with Crippen LogP contribution < -0.4 is 5.32 Å². The first-order valence-electron chi connectivity index (χ1n) is 7.96. The van der Waals surface area contributed by atoms with E-state index in [0.717, 1.165) is 16.7 Å². The van der Waals surface area contributed by atoms with E-state index in [4.69, 9.17) is 0 Å². The molecule has 0 atom stereocenters. The summed E-state index contributed by atoms with van der Waals surface area (Å²) in [4.78, 5) is 20.8. The molecule has 0 spiro atoms. The van der Waals surface area contributed by atoms with E-state index in [9.17, 15) is 4.79 Å². The Hall–Kier alpha value is -3.01. The predicted octanol–water partition coefficient (Wildman–Crippen LogP) is 2.97. The maximum absolute atomic E-state index is 12.8. The van der Waals surface area contributed by atoms with Gasteiger partial charge in [-0.1, -0.05) is 60.7 Å². The van der Waals surface area contributed by atoms with E-state index in [0.29, 0.717) is 13.0 Å². The molecular weight excluding hydrogens is 298 g/mol. The first-order chi connectivity index (χ1) is 11.8. The molecule has 0 fully saturated rings. The topological polar surface area (TPSA) is 54.9 Å². The average Bonchev–Trinajstić information content (AvgIpc) is 2.65. The second-order valence-corrected chi connectivity index (χ2v) is 5.54. The van der Waals surface area contributed by atoms with Crippen LogP contribution in [0.1, 0.15) is 22.6 Å². The zero-order valence-corrected chi connectivity index (χ0v) is 13.3. The van der Waals surface area contributed by atoms with Crippen LogP contribution in [-0.4, -0.2) is 22.4 Å². The van der Waals surface area contributed by atoms with E-state index >= 15 is 0 Å². The lowest BCUT2D eigenvalue weighted by Gasteiger charge is -2.18. The van der Waals surface area contributed by atoms with E-state index in [1.54, 1.807) is 12.4 Å². The van der Waals surface area contributed by atoms with Crippen molar-refractivity contribution >= 4 is 5.91 Å². The number of aromatic nitrogens is 2. The minimum Gasteiger partial charge on any atom is -0.355 e. The van der Waals surface area contributed by atoms with Crippen molar-refractivity contribution in [3.63, 3.8) is 0 Å². The molecule has 0 saturated carbocycles. The summed E-state index contributed by atoms with van der Waals surface area (Å²) in [7, 11) is 0. The zero-order chi connectivity index (χ0) is 16.6. The molecule has 4 nitrogen and oxygen atoms in total. The van der Waals surface area contributed by atoms with Gasteiger partial charge in [0.1, 0.15) is 6.33 Å². The molecule has 3 aromatic rings. The smallest absolute Gasteiger partial charge is 0.232 e. The highest BCUT2D eigenvalue weighted by Gasteiger charge is 2.21. The third-order valence-electron chi connectivity index (χ3n) is 3.85. The Labute approximate surface area is 141 Å². The predicted molar refractivity (Wildman–Crippen MR) is 93.5 cm³/mol. The number of benzene rings is 2. The highest BCUT2D eigenvalue weighted by Crippen LogP contribution is 2.24. The third-order valence-corrected chi connectivity index (χ3v) is 3.85. The zero-order valence-electron chi connectivity index (χ0n) is 13.3. The summed E-state index contributed by atoms with van der Waals surface area (Å²) in [6.07, 6.45) is 5.75. The van der Waals surface area contributed by atoms with Crippen LogP contribution in [0.25, 0.3) is 0 Å². The first-order valence-corrected chi connectivity index (χ1v) is 7.96. The number of hydrogen-bond acceptors (Lipinski definition) is 3. The number of nitrogens with zero attached hydrogens (tertiary/aromatic N) is 2. The fourth-order valence-corrected chi connectivity index (χ4v) is 2.68. The maximum atomic E-state index is 12.8. The van der Waals surface area contributed by atoms with Gasteiger partial charge in [0.2, 0.25) is 5.91 Å². The molecule has 0 bridgehead atoms. The summed E-state index contributed by atoms with van der Waals surface area (Å²) in [5.74, 6) is -0.302. The monoisotopic (exact) mass is 317 g/mol. The van der Waals surface area contributed by atoms with Crippen molar-refractivity contribution in [2.75, 3.05) is 6.54 Å². The molecule has 3 rings (SSSR count). The largest absolute Gasteiger partial charge is 0.355 e. The van der Waals surface area contributed by atoms with E-state index in [2.05, 4.69) is 15.3 Å². The highest BCUT2D eigenvalue weighted by molar-refractivity contribution is 5.87. The fourth-order valence-electron chi connectivity index (χ4n) is 2.68. The average molecular weight is 317 g/mol. The minimum atomic E-state index is -0.306. The Bertz CT molecular complexity index is 721. The molecule has 0 unspecified atom stereocenters. The van der Waals surface area contributed by atoms with Crippen molar-refractivity contribution < 1.29 is 4.79 Å². The van der Waals surface area contributed by atoms with Gasteiger partial charge < -0.3 is 5.32 Å². The summed E-state index contributed by atoms with van der Waals surface area (Å²) in [5.41, 5.74) is 2.99. The molecule has 0 saturated heterocycles. The summed E-state index contributed by atoms with van der Waals surface area (Å²) >= 11 is 0. The van der Waals surface area contributed by atoms with E-state index in [1.165, 1.54) is 6.33 Å². The van der Waals surface area contributed by atoms with Gasteiger partial charge in [-0.15, -0.1) is 0 Å². The summed E-state index contributed by atoms with van der Waals surface area (Å²) in [6.45, 7) is 0.558. The van der Waals surface area contributed by atoms with Crippen LogP contribution in [0.3, 0.4) is 0 Å². The lowest BCUT2D eigenvalue weighted by atomic mass is 9.90. The Balaban J connectivity index is 1.72. The van der Waals surface area contributed by atoms with Crippen LogP contribution in [0.2, 0.25) is 0 Å². The third kappa shape index (κ3) is 4.04. The molecule has 0 radical (unpaired) electrons. The number of rotatable bonds is 6. The molecule has 4 heteroatoms. The summed E-state index contributed by atoms with van der Waals surface area (Å²) in [5, 5.41) is 3.03. The normalized spacial score (nSPS) is 10.5. The van der Waals surface area contributed by atoms with Crippen molar-refractivity contribution in [3.8, 4) is 0 Å². The van der Waals surface area contributed by atoms with Gasteiger partial charge in [0.25, 0.3) is 0 Å². The van der Waals surface area contributed by atoms with Crippen LogP contribution in [-0.2, 0) is 11.2 Å². The maximum Gasteiger partial charge on any atom is 0.232 e. The van der Waals surface area contributed by atoms with Crippen molar-refractivity contribution in [3.05, 3.63) is 96.1 Å². The number of amides is 1. The van der Waals surface area contributed by atoms with Crippen LogP contribution in [0.5, 0.6) is 0 Å². The van der Waals surface area contributed by atoms with Crippen molar-refractivity contribution in [2.24, 2.45) is 0 Å². The molecule has 1 aromatic heterocycles. The van der Waals surface area contributed by atoms with Gasteiger partial charge >= 0.3 is 0 Å². The molecule has 0 aliphatic carbocycles. The van der Waals surface area contributed by atoms with Crippen molar-refractivity contribution in [1.82, 2.24) is 15.3 Å². The second-order valence-electron chi connectivity index (χ2n) is 5.54. The molecule has 1 heterocycles. The lowest BCUT2D eigenvalue weighted by Crippen LogP contribution is -2.31. The number of hydrogen-bond donors (Lipinski definition) is 1. The van der Waals surface area contributed by atoms with Crippen LogP contribution in [0.15, 0.2) is 79.4 Å². The van der Waals surface area contributed by atoms with Crippen LogP contribution in [0, 0.1) is 0 Å². The molecular formula is C20H19N3O. The Morgan fingerprint density at radius 3 is 1.96 bits per heavy atom. The molecule has 1 N–H and O–H groups in total. The summed E-state index contributed by atoms with van der Waals surface area (Å²) < 4.78 is 0. The van der Waals surface area contributed by atoms with Gasteiger partial charge in [-0.2, -0.15) is 0 Å². The molecule has 0 aliphatic rings. The SMILES string of the molecule is O=C(NCCc1cncnc1)C(c1ccccc1)c1ccccc1. The van der Waals surface area contributed by atoms with Crippen LogP contribution >= 0.6 is 0 Å². The number of carbonyl (C=O) groups excluding carboxylic acids is 1. The van der Waals surface area contributed by atoms with Gasteiger partial charge in [0.05, 0.1) is 5.92 Å².